The summed E-state index contributed by atoms with van der Waals surface area (Å²) in [6.45, 7) is 1.65. The van der Waals surface area contributed by atoms with Gasteiger partial charge in [0.2, 0.25) is 5.88 Å². The predicted molar refractivity (Wildman–Crippen MR) is 130 cm³/mol. The van der Waals surface area contributed by atoms with E-state index in [1.807, 2.05) is 12.1 Å². The molecule has 9 heteroatoms. The lowest BCUT2D eigenvalue weighted by Gasteiger charge is -2.45. The van der Waals surface area contributed by atoms with Crippen LogP contribution < -0.4 is 15.0 Å². The van der Waals surface area contributed by atoms with Gasteiger partial charge >= 0.3 is 6.61 Å². The van der Waals surface area contributed by atoms with Crippen molar-refractivity contribution in [2.45, 2.75) is 63.3 Å². The largest absolute Gasteiger partial charge is 0.507 e. The van der Waals surface area contributed by atoms with Gasteiger partial charge in [-0.3, -0.25) is 0 Å². The van der Waals surface area contributed by atoms with E-state index in [1.165, 1.54) is 25.1 Å². The van der Waals surface area contributed by atoms with Crippen LogP contribution in [0.1, 0.15) is 39.5 Å². The average molecular weight is 482 g/mol. The number of benzene rings is 1. The molecular weight excluding hydrogens is 452 g/mol. The van der Waals surface area contributed by atoms with Gasteiger partial charge < -0.3 is 20.1 Å². The zero-order valence-corrected chi connectivity index (χ0v) is 20.0. The van der Waals surface area contributed by atoms with Gasteiger partial charge in [-0.25, -0.2) is 4.98 Å². The summed E-state index contributed by atoms with van der Waals surface area (Å²) >= 11 is 0. The molecule has 1 aromatic carbocycles. The summed E-state index contributed by atoms with van der Waals surface area (Å²) in [5, 5.41) is 23.3. The molecule has 0 spiro atoms. The summed E-state index contributed by atoms with van der Waals surface area (Å²) in [6.07, 6.45) is 5.88. The molecule has 0 radical (unpaired) electrons. The number of ether oxygens (including phenoxy) is 1. The molecule has 2 unspecified atom stereocenters. The van der Waals surface area contributed by atoms with Crippen LogP contribution in [0, 0.1) is 0 Å². The van der Waals surface area contributed by atoms with Crippen molar-refractivity contribution in [3.8, 4) is 34.0 Å². The number of alkyl halides is 2. The fourth-order valence-electron chi connectivity index (χ4n) is 5.61. The van der Waals surface area contributed by atoms with Crippen LogP contribution in [0.15, 0.2) is 48.7 Å². The Balaban J connectivity index is 1.33. The van der Waals surface area contributed by atoms with Crippen molar-refractivity contribution in [1.82, 2.24) is 20.5 Å². The van der Waals surface area contributed by atoms with Crippen molar-refractivity contribution in [3.05, 3.63) is 48.7 Å². The minimum Gasteiger partial charge on any atom is -0.507 e. The molecule has 2 bridgehead atoms. The van der Waals surface area contributed by atoms with Gasteiger partial charge in [0.15, 0.2) is 5.82 Å². The second-order valence-electron chi connectivity index (χ2n) is 10.2. The first-order chi connectivity index (χ1) is 16.6. The van der Waals surface area contributed by atoms with E-state index in [2.05, 4.69) is 51.0 Å². The maximum Gasteiger partial charge on any atom is 0.388 e. The first-order valence-corrected chi connectivity index (χ1v) is 11.7. The molecule has 2 N–H and O–H groups in total. The smallest absolute Gasteiger partial charge is 0.388 e. The Labute approximate surface area is 203 Å². The highest BCUT2D eigenvalue weighted by molar-refractivity contribution is 5.74. The highest BCUT2D eigenvalue weighted by Gasteiger charge is 2.49. The number of anilines is 1. The highest BCUT2D eigenvalue weighted by atomic mass is 19.3. The summed E-state index contributed by atoms with van der Waals surface area (Å²) in [5.41, 5.74) is 2.64. The molecule has 2 atom stereocenters. The van der Waals surface area contributed by atoms with Crippen molar-refractivity contribution < 1.29 is 18.6 Å². The lowest BCUT2D eigenvalue weighted by molar-refractivity contribution is -0.0528. The number of hydrogen-bond donors (Lipinski definition) is 2. The van der Waals surface area contributed by atoms with Crippen molar-refractivity contribution in [1.29, 1.82) is 0 Å². The van der Waals surface area contributed by atoms with Crippen LogP contribution in [0.25, 0.3) is 22.4 Å². The summed E-state index contributed by atoms with van der Waals surface area (Å²) in [6, 6.07) is 12.3. The van der Waals surface area contributed by atoms with Gasteiger partial charge in [0, 0.05) is 42.0 Å². The predicted octanol–water partition coefficient (Wildman–Crippen LogP) is 5.01. The van der Waals surface area contributed by atoms with Gasteiger partial charge in [-0.1, -0.05) is 6.07 Å². The van der Waals surface area contributed by atoms with E-state index in [-0.39, 0.29) is 22.7 Å². The third-order valence-corrected chi connectivity index (χ3v) is 7.32. The molecule has 4 heterocycles. The van der Waals surface area contributed by atoms with E-state index in [0.29, 0.717) is 28.4 Å². The Morgan fingerprint density at radius 1 is 1.03 bits per heavy atom. The van der Waals surface area contributed by atoms with Gasteiger partial charge in [-0.15, -0.1) is 10.2 Å². The van der Waals surface area contributed by atoms with Crippen molar-refractivity contribution in [2.75, 3.05) is 11.9 Å². The zero-order valence-electron chi connectivity index (χ0n) is 20.0. The maximum absolute atomic E-state index is 12.5. The molecule has 0 saturated carbocycles. The topological polar surface area (TPSA) is 83.4 Å². The molecule has 5 rings (SSSR count). The standard InChI is InChI=1S/C26H29F2N5O2/c1-25-9-10-26(2,32-25)15-18(14-25)33(3)22-7-6-20(30-31-22)19-5-4-16(12-21(19)34)17-8-11-29-23(13-17)35-24(27)28/h4-8,11-13,18,24,32,34H,9-10,14-15H2,1-3H3. The molecule has 35 heavy (non-hydrogen) atoms. The minimum absolute atomic E-state index is 0.0156. The number of hydrogen-bond acceptors (Lipinski definition) is 7. The van der Waals surface area contributed by atoms with Gasteiger partial charge in [-0.05, 0) is 81.0 Å². The fourth-order valence-corrected chi connectivity index (χ4v) is 5.61. The molecule has 7 nitrogen and oxygen atoms in total. The number of phenols is 1. The van der Waals surface area contributed by atoms with Crippen molar-refractivity contribution in [2.24, 2.45) is 0 Å². The van der Waals surface area contributed by atoms with Crippen LogP contribution >= 0.6 is 0 Å². The molecular formula is C26H29F2N5O2. The third-order valence-electron chi connectivity index (χ3n) is 7.32. The molecule has 2 aliphatic rings. The number of nitrogens with zero attached hydrogens (tertiary/aromatic N) is 4. The molecule has 2 aliphatic heterocycles. The van der Waals surface area contributed by atoms with Crippen LogP contribution in [-0.2, 0) is 0 Å². The van der Waals surface area contributed by atoms with E-state index in [1.54, 1.807) is 24.3 Å². The lowest BCUT2D eigenvalue weighted by Crippen LogP contribution is -2.58. The van der Waals surface area contributed by atoms with E-state index in [4.69, 9.17) is 0 Å². The van der Waals surface area contributed by atoms with Crippen LogP contribution in [0.2, 0.25) is 0 Å². The number of nitrogens with one attached hydrogen (secondary N) is 1. The van der Waals surface area contributed by atoms with Gasteiger partial charge in [0.05, 0.1) is 5.69 Å². The summed E-state index contributed by atoms with van der Waals surface area (Å²) in [5.74, 6) is 0.630. The summed E-state index contributed by atoms with van der Waals surface area (Å²) in [7, 11) is 2.07. The maximum atomic E-state index is 12.5. The van der Waals surface area contributed by atoms with Crippen LogP contribution in [0.3, 0.4) is 0 Å². The normalized spacial score (nSPS) is 25.6. The van der Waals surface area contributed by atoms with Crippen LogP contribution in [0.4, 0.5) is 14.6 Å². The number of phenolic OH excluding ortho intramolecular Hbond substituents is 1. The number of piperidine rings is 1. The molecule has 2 aromatic heterocycles. The van der Waals surface area contributed by atoms with Crippen molar-refractivity contribution >= 4 is 5.82 Å². The number of aromatic hydroxyl groups is 1. The quantitative estimate of drug-likeness (QED) is 0.512. The Kier molecular flexibility index (Phi) is 5.83. The number of halogens is 2. The minimum atomic E-state index is -2.95. The Bertz CT molecular complexity index is 1210. The second-order valence-corrected chi connectivity index (χ2v) is 10.2. The highest BCUT2D eigenvalue weighted by Crippen LogP contribution is 2.44. The van der Waals surface area contributed by atoms with Crippen LogP contribution in [0.5, 0.6) is 11.6 Å². The van der Waals surface area contributed by atoms with Gasteiger partial charge in [0.25, 0.3) is 0 Å². The molecule has 3 aromatic rings. The number of fused-ring (bicyclic) bond motifs is 2. The second kappa shape index (κ2) is 8.71. The van der Waals surface area contributed by atoms with E-state index in [9.17, 15) is 13.9 Å². The fraction of sp³-hybridized carbons (Fsp3) is 0.423. The van der Waals surface area contributed by atoms with E-state index >= 15 is 0 Å². The molecule has 184 valence electrons. The summed E-state index contributed by atoms with van der Waals surface area (Å²) < 4.78 is 29.4. The Hall–Kier alpha value is -3.33. The zero-order chi connectivity index (χ0) is 24.8. The first-order valence-electron chi connectivity index (χ1n) is 11.7. The van der Waals surface area contributed by atoms with E-state index in [0.717, 1.165) is 18.7 Å². The molecule has 0 aliphatic carbocycles. The van der Waals surface area contributed by atoms with Crippen molar-refractivity contribution in [3.63, 3.8) is 0 Å². The van der Waals surface area contributed by atoms with Gasteiger partial charge in [0.1, 0.15) is 5.75 Å². The molecule has 0 amide bonds. The number of pyridine rings is 1. The third kappa shape index (κ3) is 4.77. The lowest BCUT2D eigenvalue weighted by atomic mass is 9.84. The first kappa shape index (κ1) is 23.4. The molecule has 2 fully saturated rings. The Morgan fingerprint density at radius 3 is 2.37 bits per heavy atom. The molecule has 2 saturated heterocycles. The van der Waals surface area contributed by atoms with Gasteiger partial charge in [-0.2, -0.15) is 8.78 Å². The Morgan fingerprint density at radius 2 is 1.74 bits per heavy atom. The monoisotopic (exact) mass is 481 g/mol. The SMILES string of the molecule is CN(c1ccc(-c2ccc(-c3ccnc(OC(F)F)c3)cc2O)nn1)C1CC2(C)CCC(C)(C1)N2. The summed E-state index contributed by atoms with van der Waals surface area (Å²) in [4.78, 5) is 5.99. The number of rotatable bonds is 6. The number of aromatic nitrogens is 3. The van der Waals surface area contributed by atoms with E-state index < -0.39 is 6.61 Å². The van der Waals surface area contributed by atoms with Crippen LogP contribution in [-0.4, -0.2) is 51.1 Å². The average Bonchev–Trinajstić information content (AvgIpc) is 3.05.